The van der Waals surface area contributed by atoms with Crippen molar-refractivity contribution in [2.24, 2.45) is 0 Å². The molecule has 1 aliphatic carbocycles. The molecule has 1 N–H and O–H groups in total. The fourth-order valence-corrected chi connectivity index (χ4v) is 6.17. The fourth-order valence-electron chi connectivity index (χ4n) is 6.17. The third-order valence-electron chi connectivity index (χ3n) is 8.04. The Bertz CT molecular complexity index is 1440. The molecule has 0 atom stereocenters. The summed E-state index contributed by atoms with van der Waals surface area (Å²) in [4.78, 5) is 0. The zero-order chi connectivity index (χ0) is 26.7. The summed E-state index contributed by atoms with van der Waals surface area (Å²) in [5.74, 6) is 0.0820. The van der Waals surface area contributed by atoms with Crippen molar-refractivity contribution in [2.75, 3.05) is 6.61 Å². The van der Waals surface area contributed by atoms with Crippen molar-refractivity contribution in [1.29, 1.82) is 0 Å². The Morgan fingerprint density at radius 3 is 1.41 bits per heavy atom. The predicted octanol–water partition coefficient (Wildman–Crippen LogP) is 9.03. The van der Waals surface area contributed by atoms with Gasteiger partial charge in [-0.15, -0.1) is 0 Å². The number of aliphatic hydroxyl groups excluding tert-OH is 1. The number of aliphatic hydroxyl groups is 1. The van der Waals surface area contributed by atoms with Crippen molar-refractivity contribution in [3.05, 3.63) is 179 Å². The summed E-state index contributed by atoms with van der Waals surface area (Å²) in [6.45, 7) is 2.36. The second-order valence-electron chi connectivity index (χ2n) is 10.3. The maximum atomic E-state index is 11.3. The highest BCUT2D eigenvalue weighted by Gasteiger charge is 2.37. The molecule has 192 valence electrons. The molecule has 0 radical (unpaired) electrons. The van der Waals surface area contributed by atoms with Crippen molar-refractivity contribution >= 4 is 0 Å². The molecule has 0 spiro atoms. The average Bonchev–Trinajstić information content (AvgIpc) is 3.33. The van der Waals surface area contributed by atoms with Crippen LogP contribution in [0.3, 0.4) is 0 Å². The average molecular weight is 509 g/mol. The zero-order valence-electron chi connectivity index (χ0n) is 22.1. The van der Waals surface area contributed by atoms with E-state index in [1.165, 1.54) is 38.9 Å². The number of hydrogen-bond acceptors (Lipinski definition) is 2. The van der Waals surface area contributed by atoms with Crippen molar-refractivity contribution in [3.63, 3.8) is 0 Å². The summed E-state index contributed by atoms with van der Waals surface area (Å²) in [5, 5.41) is 11.3. The van der Waals surface area contributed by atoms with E-state index in [1.807, 2.05) is 25.1 Å². The van der Waals surface area contributed by atoms with Gasteiger partial charge in [-0.25, -0.2) is 0 Å². The molecule has 1 aliphatic rings. The van der Waals surface area contributed by atoms with Gasteiger partial charge in [-0.1, -0.05) is 140 Å². The summed E-state index contributed by atoms with van der Waals surface area (Å²) in [6.07, 6.45) is 0.578. The number of fused-ring (bicyclic) bond motifs is 3. The van der Waals surface area contributed by atoms with Crippen molar-refractivity contribution < 1.29 is 9.84 Å². The van der Waals surface area contributed by atoms with Gasteiger partial charge in [0.1, 0.15) is 6.61 Å². The summed E-state index contributed by atoms with van der Waals surface area (Å²) in [6, 6.07) is 48.7. The maximum absolute atomic E-state index is 11.3. The lowest BCUT2D eigenvalue weighted by Gasteiger charge is -2.36. The molecule has 5 aromatic carbocycles. The Labute approximate surface area is 230 Å². The van der Waals surface area contributed by atoms with Gasteiger partial charge in [-0.05, 0) is 52.3 Å². The minimum Gasteiger partial charge on any atom is -0.481 e. The molecule has 2 heteroatoms. The Morgan fingerprint density at radius 1 is 0.590 bits per heavy atom. The van der Waals surface area contributed by atoms with Crippen LogP contribution in [0.15, 0.2) is 151 Å². The van der Waals surface area contributed by atoms with Crippen LogP contribution >= 0.6 is 0 Å². The minimum absolute atomic E-state index is 0.00373. The first-order chi connectivity index (χ1) is 19.2. The van der Waals surface area contributed by atoms with Crippen LogP contribution in [0.4, 0.5) is 0 Å². The molecule has 5 aromatic rings. The largest absolute Gasteiger partial charge is 0.481 e. The SMILES string of the molecule is C/C(CC(c1ccccc1)(c1ccccc1)c1ccccc1)=C(\O)OCC1c2ccccc2-c2ccccc21. The fraction of sp³-hybridized carbons (Fsp3) is 0.135. The minimum atomic E-state index is -0.488. The van der Waals surface area contributed by atoms with Gasteiger partial charge in [0, 0.05) is 16.9 Å². The van der Waals surface area contributed by atoms with Gasteiger partial charge >= 0.3 is 0 Å². The van der Waals surface area contributed by atoms with E-state index in [0.717, 1.165) is 5.57 Å². The summed E-state index contributed by atoms with van der Waals surface area (Å²) >= 11 is 0. The Morgan fingerprint density at radius 2 is 0.974 bits per heavy atom. The number of rotatable bonds is 8. The monoisotopic (exact) mass is 508 g/mol. The molecule has 0 saturated heterocycles. The smallest absolute Gasteiger partial charge is 0.275 e. The summed E-state index contributed by atoms with van der Waals surface area (Å²) < 4.78 is 6.19. The predicted molar refractivity (Wildman–Crippen MR) is 159 cm³/mol. The first-order valence-corrected chi connectivity index (χ1v) is 13.5. The standard InChI is InChI=1S/C37H32O2/c1-27(36(38)39-26-35-33-23-13-11-21-31(33)32-22-12-14-24-34(32)35)25-37(28-15-5-2-6-16-28,29-17-7-3-8-18-29)30-19-9-4-10-20-30/h2-24,35,38H,25-26H2,1H3/b36-27-. The number of benzene rings is 5. The van der Waals surface area contributed by atoms with Crippen LogP contribution in [-0.2, 0) is 10.2 Å². The normalized spacial score (nSPS) is 13.4. The molecule has 6 rings (SSSR count). The number of hydrogen-bond donors (Lipinski definition) is 1. The lowest BCUT2D eigenvalue weighted by molar-refractivity contribution is 0.0834. The van der Waals surface area contributed by atoms with Crippen molar-refractivity contribution in [1.82, 2.24) is 0 Å². The molecule has 0 aromatic heterocycles. The third kappa shape index (κ3) is 4.53. The molecule has 0 aliphatic heterocycles. The quantitative estimate of drug-likeness (QED) is 0.167. The molecule has 0 bridgehead atoms. The molecule has 0 heterocycles. The lowest BCUT2D eigenvalue weighted by Crippen LogP contribution is -2.30. The van der Waals surface area contributed by atoms with Crippen LogP contribution in [0.2, 0.25) is 0 Å². The van der Waals surface area contributed by atoms with Gasteiger partial charge in [-0.2, -0.15) is 0 Å². The number of ether oxygens (including phenoxy) is 1. The van der Waals surface area contributed by atoms with E-state index in [-0.39, 0.29) is 11.9 Å². The first-order valence-electron chi connectivity index (χ1n) is 13.5. The van der Waals surface area contributed by atoms with Crippen LogP contribution in [0.1, 0.15) is 47.1 Å². The first kappa shape index (κ1) is 24.8. The molecule has 0 saturated carbocycles. The van der Waals surface area contributed by atoms with Gasteiger partial charge in [-0.3, -0.25) is 0 Å². The van der Waals surface area contributed by atoms with Crippen LogP contribution in [-0.4, -0.2) is 11.7 Å². The Hall–Kier alpha value is -4.56. The Kier molecular flexibility index (Phi) is 6.77. The van der Waals surface area contributed by atoms with Gasteiger partial charge in [0.2, 0.25) is 0 Å². The van der Waals surface area contributed by atoms with E-state index >= 15 is 0 Å². The van der Waals surface area contributed by atoms with E-state index in [9.17, 15) is 5.11 Å². The third-order valence-corrected chi connectivity index (χ3v) is 8.04. The molecule has 39 heavy (non-hydrogen) atoms. The number of allylic oxidation sites excluding steroid dienone is 1. The maximum Gasteiger partial charge on any atom is 0.275 e. The van der Waals surface area contributed by atoms with E-state index in [2.05, 4.69) is 121 Å². The molecule has 0 unspecified atom stereocenters. The van der Waals surface area contributed by atoms with E-state index in [0.29, 0.717) is 13.0 Å². The molecular weight excluding hydrogens is 476 g/mol. The summed E-state index contributed by atoms with van der Waals surface area (Å²) in [7, 11) is 0. The highest BCUT2D eigenvalue weighted by Crippen LogP contribution is 2.46. The van der Waals surface area contributed by atoms with Gasteiger partial charge < -0.3 is 9.84 Å². The van der Waals surface area contributed by atoms with Gasteiger partial charge in [0.05, 0.1) is 0 Å². The van der Waals surface area contributed by atoms with Crippen LogP contribution < -0.4 is 0 Å². The van der Waals surface area contributed by atoms with Crippen LogP contribution in [0.5, 0.6) is 0 Å². The topological polar surface area (TPSA) is 29.5 Å². The molecule has 0 fully saturated rings. The zero-order valence-corrected chi connectivity index (χ0v) is 22.1. The molecule has 2 nitrogen and oxygen atoms in total. The molecular formula is C37H32O2. The van der Waals surface area contributed by atoms with E-state index in [4.69, 9.17) is 4.74 Å². The van der Waals surface area contributed by atoms with Crippen molar-refractivity contribution in [3.8, 4) is 11.1 Å². The second kappa shape index (κ2) is 10.7. The van der Waals surface area contributed by atoms with Crippen LogP contribution in [0.25, 0.3) is 11.1 Å². The van der Waals surface area contributed by atoms with Gasteiger partial charge in [0.15, 0.2) is 0 Å². The van der Waals surface area contributed by atoms with E-state index in [1.54, 1.807) is 0 Å². The summed E-state index contributed by atoms with van der Waals surface area (Å²) in [5.41, 5.74) is 8.84. The van der Waals surface area contributed by atoms with E-state index < -0.39 is 5.41 Å². The highest BCUT2D eigenvalue weighted by atomic mass is 16.6. The van der Waals surface area contributed by atoms with Gasteiger partial charge in [0.25, 0.3) is 5.95 Å². The second-order valence-corrected chi connectivity index (χ2v) is 10.3. The molecule has 0 amide bonds. The lowest BCUT2D eigenvalue weighted by atomic mass is 9.66. The van der Waals surface area contributed by atoms with Crippen molar-refractivity contribution in [2.45, 2.75) is 24.7 Å². The highest BCUT2D eigenvalue weighted by molar-refractivity contribution is 5.78. The Balaban J connectivity index is 1.37. The van der Waals surface area contributed by atoms with Crippen LogP contribution in [0, 0.1) is 0 Å².